The first-order valence-electron chi connectivity index (χ1n) is 8.17. The number of hydrogen-bond donors (Lipinski definition) is 2. The zero-order valence-electron chi connectivity index (χ0n) is 14.1. The van der Waals surface area contributed by atoms with E-state index in [0.717, 1.165) is 40.8 Å². The first-order valence-corrected chi connectivity index (χ1v) is 9.29. The topological polar surface area (TPSA) is 73.1 Å². The molecule has 130 valence electrons. The van der Waals surface area contributed by atoms with Crippen molar-refractivity contribution in [3.05, 3.63) is 53.9 Å². The van der Waals surface area contributed by atoms with Crippen LogP contribution in [0.5, 0.6) is 5.75 Å². The Morgan fingerprint density at radius 1 is 1.20 bits per heavy atom. The molecular weight excluding hydrogens is 380 g/mol. The molecule has 25 heavy (non-hydrogen) atoms. The van der Waals surface area contributed by atoms with E-state index in [4.69, 9.17) is 10.5 Å². The summed E-state index contributed by atoms with van der Waals surface area (Å²) < 4.78 is 5.38. The molecule has 0 aliphatic heterocycles. The zero-order valence-corrected chi connectivity index (χ0v) is 15.7. The molecule has 0 saturated carbocycles. The van der Waals surface area contributed by atoms with Crippen LogP contribution in [0.4, 0.5) is 11.6 Å². The van der Waals surface area contributed by atoms with Gasteiger partial charge in [0.2, 0.25) is 5.95 Å². The number of nitrogen functional groups attached to an aromatic ring is 1. The van der Waals surface area contributed by atoms with Crippen LogP contribution >= 0.6 is 15.9 Å². The van der Waals surface area contributed by atoms with Crippen LogP contribution in [-0.4, -0.2) is 29.0 Å². The van der Waals surface area contributed by atoms with E-state index in [-0.39, 0.29) is 0 Å². The first kappa shape index (κ1) is 17.5. The summed E-state index contributed by atoms with van der Waals surface area (Å²) >= 11 is 3.47. The predicted octanol–water partition coefficient (Wildman–Crippen LogP) is 4.01. The SMILES string of the molecule is COc1ccc2cc(Cc3ccnc(N)n3)cc(NCCCBr)c2c1. The monoisotopic (exact) mass is 400 g/mol. The first-order chi connectivity index (χ1) is 12.2. The van der Waals surface area contributed by atoms with E-state index in [9.17, 15) is 0 Å². The van der Waals surface area contributed by atoms with Crippen LogP contribution in [0.3, 0.4) is 0 Å². The van der Waals surface area contributed by atoms with Gasteiger partial charge in [-0.2, -0.15) is 0 Å². The molecule has 0 atom stereocenters. The Labute approximate surface area is 155 Å². The van der Waals surface area contributed by atoms with Crippen LogP contribution in [0.25, 0.3) is 10.8 Å². The van der Waals surface area contributed by atoms with Gasteiger partial charge in [0.25, 0.3) is 0 Å². The van der Waals surface area contributed by atoms with E-state index in [1.54, 1.807) is 13.3 Å². The van der Waals surface area contributed by atoms with Crippen LogP contribution in [0.1, 0.15) is 17.7 Å². The molecule has 0 radical (unpaired) electrons. The third-order valence-electron chi connectivity index (χ3n) is 3.96. The Bertz CT molecular complexity index is 869. The maximum Gasteiger partial charge on any atom is 0.220 e. The van der Waals surface area contributed by atoms with E-state index in [2.05, 4.69) is 55.5 Å². The van der Waals surface area contributed by atoms with Crippen molar-refractivity contribution >= 4 is 38.3 Å². The lowest BCUT2D eigenvalue weighted by atomic mass is 10.0. The van der Waals surface area contributed by atoms with Gasteiger partial charge in [0, 0.05) is 35.6 Å². The highest BCUT2D eigenvalue weighted by Crippen LogP contribution is 2.30. The minimum Gasteiger partial charge on any atom is -0.497 e. The summed E-state index contributed by atoms with van der Waals surface area (Å²) in [6.07, 6.45) is 3.46. The highest BCUT2D eigenvalue weighted by molar-refractivity contribution is 9.09. The molecule has 5 nitrogen and oxygen atoms in total. The van der Waals surface area contributed by atoms with Gasteiger partial charge in [-0.15, -0.1) is 0 Å². The fraction of sp³-hybridized carbons (Fsp3) is 0.263. The quantitative estimate of drug-likeness (QED) is 0.462. The molecule has 0 unspecified atom stereocenters. The summed E-state index contributed by atoms with van der Waals surface area (Å²) in [6.45, 7) is 0.904. The summed E-state index contributed by atoms with van der Waals surface area (Å²) in [6, 6.07) is 12.4. The molecule has 0 aliphatic rings. The van der Waals surface area contributed by atoms with Gasteiger partial charge >= 0.3 is 0 Å². The molecule has 3 N–H and O–H groups in total. The Morgan fingerprint density at radius 2 is 2.08 bits per heavy atom. The number of hydrogen-bond acceptors (Lipinski definition) is 5. The smallest absolute Gasteiger partial charge is 0.220 e. The van der Waals surface area contributed by atoms with Gasteiger partial charge in [-0.25, -0.2) is 9.97 Å². The fourth-order valence-electron chi connectivity index (χ4n) is 2.78. The number of methoxy groups -OCH3 is 1. The third kappa shape index (κ3) is 4.39. The second kappa shape index (κ2) is 8.16. The molecular formula is C19H21BrN4O. The number of aromatic nitrogens is 2. The van der Waals surface area contributed by atoms with Crippen molar-refractivity contribution in [2.24, 2.45) is 0 Å². The number of ether oxygens (including phenoxy) is 1. The predicted molar refractivity (Wildman–Crippen MR) is 107 cm³/mol. The maximum absolute atomic E-state index is 5.69. The van der Waals surface area contributed by atoms with Gasteiger partial charge < -0.3 is 15.8 Å². The molecule has 0 saturated heterocycles. The molecule has 2 aromatic carbocycles. The van der Waals surface area contributed by atoms with E-state index in [1.165, 1.54) is 10.9 Å². The standard InChI is InChI=1S/C19H21BrN4O/c1-25-16-4-3-14-9-13(10-15-5-8-23-19(21)24-15)11-18(17(14)12-16)22-7-2-6-20/h3-5,8-9,11-12,22H,2,6-7,10H2,1H3,(H2,21,23,24). The number of rotatable bonds is 7. The highest BCUT2D eigenvalue weighted by Gasteiger charge is 2.08. The molecule has 0 bridgehead atoms. The van der Waals surface area contributed by atoms with Gasteiger partial charge in [0.15, 0.2) is 0 Å². The lowest BCUT2D eigenvalue weighted by Crippen LogP contribution is -2.04. The Hall–Kier alpha value is -2.34. The number of alkyl halides is 1. The van der Waals surface area contributed by atoms with Crippen molar-refractivity contribution in [3.8, 4) is 5.75 Å². The number of halogens is 1. The van der Waals surface area contributed by atoms with Crippen LogP contribution in [0, 0.1) is 0 Å². The summed E-state index contributed by atoms with van der Waals surface area (Å²) in [5, 5.41) is 6.83. The summed E-state index contributed by atoms with van der Waals surface area (Å²) in [7, 11) is 1.69. The van der Waals surface area contributed by atoms with Crippen molar-refractivity contribution in [2.45, 2.75) is 12.8 Å². The van der Waals surface area contributed by atoms with Crippen molar-refractivity contribution in [3.63, 3.8) is 0 Å². The van der Waals surface area contributed by atoms with Gasteiger partial charge in [-0.05, 0) is 41.6 Å². The minimum absolute atomic E-state index is 0.304. The van der Waals surface area contributed by atoms with Gasteiger partial charge in [0.1, 0.15) is 5.75 Å². The van der Waals surface area contributed by atoms with E-state index < -0.39 is 0 Å². The Kier molecular flexibility index (Phi) is 5.71. The summed E-state index contributed by atoms with van der Waals surface area (Å²) in [5.74, 6) is 1.16. The van der Waals surface area contributed by atoms with Crippen molar-refractivity contribution < 1.29 is 4.74 Å². The number of benzene rings is 2. The lowest BCUT2D eigenvalue weighted by molar-refractivity contribution is 0.415. The molecule has 0 amide bonds. The molecule has 3 rings (SSSR count). The van der Waals surface area contributed by atoms with E-state index >= 15 is 0 Å². The summed E-state index contributed by atoms with van der Waals surface area (Å²) in [5.41, 5.74) is 8.89. The molecule has 0 spiro atoms. The van der Waals surface area contributed by atoms with Crippen molar-refractivity contribution in [2.75, 3.05) is 30.0 Å². The molecule has 3 aromatic rings. The van der Waals surface area contributed by atoms with Gasteiger partial charge in [-0.1, -0.05) is 28.1 Å². The Balaban J connectivity index is 1.98. The normalized spacial score (nSPS) is 10.8. The van der Waals surface area contributed by atoms with Crippen LogP contribution in [-0.2, 0) is 6.42 Å². The van der Waals surface area contributed by atoms with Crippen LogP contribution < -0.4 is 15.8 Å². The number of fused-ring (bicyclic) bond motifs is 1. The zero-order chi connectivity index (χ0) is 17.6. The van der Waals surface area contributed by atoms with E-state index in [0.29, 0.717) is 12.4 Å². The number of anilines is 2. The highest BCUT2D eigenvalue weighted by atomic mass is 79.9. The fourth-order valence-corrected chi connectivity index (χ4v) is 3.07. The summed E-state index contributed by atoms with van der Waals surface area (Å²) in [4.78, 5) is 8.25. The Morgan fingerprint density at radius 3 is 2.84 bits per heavy atom. The molecule has 0 fully saturated rings. The molecule has 6 heteroatoms. The number of nitrogens with zero attached hydrogens (tertiary/aromatic N) is 2. The van der Waals surface area contributed by atoms with Crippen LogP contribution in [0.15, 0.2) is 42.6 Å². The molecule has 1 heterocycles. The maximum atomic E-state index is 5.69. The third-order valence-corrected chi connectivity index (χ3v) is 4.52. The molecule has 1 aromatic heterocycles. The van der Waals surface area contributed by atoms with E-state index in [1.807, 2.05) is 12.1 Å². The van der Waals surface area contributed by atoms with Gasteiger partial charge in [0.05, 0.1) is 12.8 Å². The second-order valence-corrected chi connectivity index (χ2v) is 6.58. The lowest BCUT2D eigenvalue weighted by Gasteiger charge is -2.13. The van der Waals surface area contributed by atoms with Crippen molar-refractivity contribution in [1.29, 1.82) is 0 Å². The average Bonchev–Trinajstić information content (AvgIpc) is 2.61. The van der Waals surface area contributed by atoms with Gasteiger partial charge in [-0.3, -0.25) is 0 Å². The second-order valence-electron chi connectivity index (χ2n) is 5.78. The molecule has 0 aliphatic carbocycles. The number of nitrogens with two attached hydrogens (primary N) is 1. The minimum atomic E-state index is 0.304. The van der Waals surface area contributed by atoms with Crippen molar-refractivity contribution in [1.82, 2.24) is 9.97 Å². The number of nitrogens with one attached hydrogen (secondary N) is 1. The largest absolute Gasteiger partial charge is 0.497 e. The van der Waals surface area contributed by atoms with Crippen LogP contribution in [0.2, 0.25) is 0 Å². The average molecular weight is 401 g/mol.